The van der Waals surface area contributed by atoms with E-state index in [1.165, 1.54) is 12.8 Å². The summed E-state index contributed by atoms with van der Waals surface area (Å²) in [6, 6.07) is 0. The van der Waals surface area contributed by atoms with Crippen molar-refractivity contribution in [2.24, 2.45) is 10.9 Å². The van der Waals surface area contributed by atoms with Gasteiger partial charge in [0.05, 0.1) is 0 Å². The van der Waals surface area contributed by atoms with Crippen LogP contribution >= 0.6 is 0 Å². The molecule has 0 radical (unpaired) electrons. The molecule has 0 heterocycles. The molecule has 0 aromatic rings. The molecule has 0 aliphatic rings. The van der Waals surface area contributed by atoms with Gasteiger partial charge in [0.1, 0.15) is 0 Å². The first-order valence-electron chi connectivity index (χ1n) is 5.42. The number of hydrogen-bond donors (Lipinski definition) is 1. The van der Waals surface area contributed by atoms with Gasteiger partial charge in [-0.1, -0.05) is 13.8 Å². The molecule has 13 heavy (non-hydrogen) atoms. The fraction of sp³-hybridized carbons (Fsp3) is 0.909. The average molecular weight is 184 g/mol. The summed E-state index contributed by atoms with van der Waals surface area (Å²) >= 11 is 0. The van der Waals surface area contributed by atoms with Crippen molar-refractivity contribution in [3.05, 3.63) is 0 Å². The molecule has 0 aliphatic heterocycles. The quantitative estimate of drug-likeness (QED) is 0.455. The summed E-state index contributed by atoms with van der Waals surface area (Å²) in [5.41, 5.74) is 0. The van der Waals surface area contributed by atoms with E-state index in [4.69, 9.17) is 0 Å². The summed E-state index contributed by atoms with van der Waals surface area (Å²) < 4.78 is 0. The van der Waals surface area contributed by atoms with Crippen molar-refractivity contribution >= 4 is 6.21 Å². The Morgan fingerprint density at radius 3 is 2.54 bits per heavy atom. The number of hydrogen-bond acceptors (Lipinski definition) is 2. The van der Waals surface area contributed by atoms with E-state index in [2.05, 4.69) is 24.2 Å². The van der Waals surface area contributed by atoms with Crippen LogP contribution in [0, 0.1) is 5.92 Å². The number of nitrogens with zero attached hydrogens (tertiary/aromatic N) is 1. The van der Waals surface area contributed by atoms with Gasteiger partial charge in [-0.05, 0) is 51.4 Å². The van der Waals surface area contributed by atoms with Crippen molar-refractivity contribution in [1.82, 2.24) is 5.32 Å². The molecule has 2 heteroatoms. The molecular weight excluding hydrogens is 160 g/mol. The molecule has 0 atom stereocenters. The van der Waals surface area contributed by atoms with Gasteiger partial charge in [0.15, 0.2) is 0 Å². The summed E-state index contributed by atoms with van der Waals surface area (Å²) in [5, 5.41) is 3.43. The van der Waals surface area contributed by atoms with Gasteiger partial charge in [-0.3, -0.25) is 4.99 Å². The van der Waals surface area contributed by atoms with E-state index in [0.29, 0.717) is 0 Å². The molecule has 0 rings (SSSR count). The van der Waals surface area contributed by atoms with Gasteiger partial charge in [0, 0.05) is 6.54 Å². The summed E-state index contributed by atoms with van der Waals surface area (Å²) in [4.78, 5) is 4.15. The lowest BCUT2D eigenvalue weighted by Gasteiger charge is -2.05. The minimum atomic E-state index is 0.839. The van der Waals surface area contributed by atoms with Crippen LogP contribution in [-0.4, -0.2) is 25.8 Å². The van der Waals surface area contributed by atoms with Crippen molar-refractivity contribution in [3.63, 3.8) is 0 Å². The van der Waals surface area contributed by atoms with Gasteiger partial charge in [-0.2, -0.15) is 0 Å². The van der Waals surface area contributed by atoms with Crippen molar-refractivity contribution in [1.29, 1.82) is 0 Å². The Morgan fingerprint density at radius 2 is 1.92 bits per heavy atom. The van der Waals surface area contributed by atoms with Crippen LogP contribution in [-0.2, 0) is 0 Å². The highest BCUT2D eigenvalue weighted by Crippen LogP contribution is 2.01. The third-order valence-electron chi connectivity index (χ3n) is 1.96. The topological polar surface area (TPSA) is 24.4 Å². The number of rotatable bonds is 8. The van der Waals surface area contributed by atoms with E-state index in [0.717, 1.165) is 32.0 Å². The minimum absolute atomic E-state index is 0.839. The van der Waals surface area contributed by atoms with Crippen LogP contribution < -0.4 is 5.32 Å². The third kappa shape index (κ3) is 11.6. The van der Waals surface area contributed by atoms with Crippen LogP contribution in [0.5, 0.6) is 0 Å². The summed E-state index contributed by atoms with van der Waals surface area (Å²) in [7, 11) is 0. The van der Waals surface area contributed by atoms with Crippen LogP contribution in [0.25, 0.3) is 0 Å². The van der Waals surface area contributed by atoms with Gasteiger partial charge in [0.2, 0.25) is 0 Å². The zero-order chi connectivity index (χ0) is 9.94. The second-order valence-electron chi connectivity index (χ2n) is 3.80. The van der Waals surface area contributed by atoms with Gasteiger partial charge < -0.3 is 5.32 Å². The second kappa shape index (κ2) is 9.72. The number of aliphatic imine (C=N–C) groups is 1. The molecular formula is C11H24N2. The first-order valence-corrected chi connectivity index (χ1v) is 5.42. The van der Waals surface area contributed by atoms with E-state index in [9.17, 15) is 0 Å². The minimum Gasteiger partial charge on any atom is -0.317 e. The molecule has 0 aliphatic carbocycles. The van der Waals surface area contributed by atoms with Crippen LogP contribution in [0.2, 0.25) is 0 Å². The van der Waals surface area contributed by atoms with Crippen molar-refractivity contribution < 1.29 is 0 Å². The zero-order valence-corrected chi connectivity index (χ0v) is 9.34. The zero-order valence-electron chi connectivity index (χ0n) is 9.34. The standard InChI is InChI=1S/C11H24N2/c1-4-12-9-6-10-13-8-5-7-11(2)3/h4,11,13H,5-10H2,1-3H3. The van der Waals surface area contributed by atoms with Gasteiger partial charge in [0.25, 0.3) is 0 Å². The van der Waals surface area contributed by atoms with Gasteiger partial charge in [-0.15, -0.1) is 0 Å². The Balaban J connectivity index is 2.91. The summed E-state index contributed by atoms with van der Waals surface area (Å²) in [6.07, 6.45) is 5.67. The fourth-order valence-electron chi connectivity index (χ4n) is 1.18. The molecule has 0 bridgehead atoms. The molecule has 0 aromatic carbocycles. The smallest absolute Gasteiger partial charge is 0.0397 e. The maximum atomic E-state index is 4.15. The molecule has 0 aromatic heterocycles. The molecule has 78 valence electrons. The molecule has 1 N–H and O–H groups in total. The average Bonchev–Trinajstić information content (AvgIpc) is 2.09. The predicted molar refractivity (Wildman–Crippen MR) is 60.6 cm³/mol. The molecule has 0 unspecified atom stereocenters. The van der Waals surface area contributed by atoms with Gasteiger partial charge in [-0.25, -0.2) is 0 Å². The lowest BCUT2D eigenvalue weighted by molar-refractivity contribution is 0.525. The summed E-state index contributed by atoms with van der Waals surface area (Å²) in [6.45, 7) is 9.75. The monoisotopic (exact) mass is 184 g/mol. The van der Waals surface area contributed by atoms with E-state index in [-0.39, 0.29) is 0 Å². The van der Waals surface area contributed by atoms with E-state index in [1.807, 2.05) is 13.1 Å². The van der Waals surface area contributed by atoms with Crippen LogP contribution in [0.1, 0.15) is 40.0 Å². The first kappa shape index (κ1) is 12.6. The van der Waals surface area contributed by atoms with Crippen molar-refractivity contribution in [2.75, 3.05) is 19.6 Å². The molecule has 0 amide bonds. The third-order valence-corrected chi connectivity index (χ3v) is 1.96. The lowest BCUT2D eigenvalue weighted by Crippen LogP contribution is -2.17. The number of nitrogens with one attached hydrogen (secondary N) is 1. The molecule has 0 saturated heterocycles. The van der Waals surface area contributed by atoms with Crippen molar-refractivity contribution in [3.8, 4) is 0 Å². The van der Waals surface area contributed by atoms with Crippen LogP contribution in [0.15, 0.2) is 4.99 Å². The highest BCUT2D eigenvalue weighted by molar-refractivity contribution is 5.53. The largest absolute Gasteiger partial charge is 0.317 e. The SMILES string of the molecule is CC=NCCCNCCCC(C)C. The molecule has 2 nitrogen and oxygen atoms in total. The molecule has 0 saturated carbocycles. The Hall–Kier alpha value is -0.370. The van der Waals surface area contributed by atoms with Crippen molar-refractivity contribution in [2.45, 2.75) is 40.0 Å². The van der Waals surface area contributed by atoms with Crippen LogP contribution in [0.4, 0.5) is 0 Å². The maximum Gasteiger partial charge on any atom is 0.0397 e. The van der Waals surface area contributed by atoms with Crippen LogP contribution in [0.3, 0.4) is 0 Å². The fourth-order valence-corrected chi connectivity index (χ4v) is 1.18. The Morgan fingerprint density at radius 1 is 1.23 bits per heavy atom. The molecule has 0 spiro atoms. The highest BCUT2D eigenvalue weighted by atomic mass is 14.8. The molecule has 0 fully saturated rings. The Bertz CT molecular complexity index is 119. The lowest BCUT2D eigenvalue weighted by atomic mass is 10.1. The summed E-state index contributed by atoms with van der Waals surface area (Å²) in [5.74, 6) is 0.839. The Kier molecular flexibility index (Phi) is 9.44. The van der Waals surface area contributed by atoms with E-state index >= 15 is 0 Å². The normalized spacial score (nSPS) is 11.7. The first-order chi connectivity index (χ1) is 6.27. The Labute approximate surface area is 82.8 Å². The highest BCUT2D eigenvalue weighted by Gasteiger charge is 1.92. The van der Waals surface area contributed by atoms with E-state index in [1.54, 1.807) is 0 Å². The van der Waals surface area contributed by atoms with E-state index < -0.39 is 0 Å². The maximum absolute atomic E-state index is 4.15. The van der Waals surface area contributed by atoms with Gasteiger partial charge >= 0.3 is 0 Å². The predicted octanol–water partition coefficient (Wildman–Crippen LogP) is 2.49. The second-order valence-corrected chi connectivity index (χ2v) is 3.80.